The van der Waals surface area contributed by atoms with Crippen LogP contribution in [0.1, 0.15) is 22.3 Å². The molecule has 0 saturated heterocycles. The normalized spacial score (nSPS) is 13.9. The number of halogens is 2. The Balaban J connectivity index is 1.67. The number of hydrogen-bond acceptors (Lipinski definition) is 3. The highest BCUT2D eigenvalue weighted by Gasteiger charge is 2.22. The Hall–Kier alpha value is -2.76. The van der Waals surface area contributed by atoms with Gasteiger partial charge in [0.25, 0.3) is 0 Å². The maximum Gasteiger partial charge on any atom is 0.126 e. The van der Waals surface area contributed by atoms with E-state index < -0.39 is 11.6 Å². The Morgan fingerprint density at radius 3 is 2.53 bits per heavy atom. The fourth-order valence-corrected chi connectivity index (χ4v) is 4.31. The Bertz CT molecular complexity index is 1030. The molecule has 1 aliphatic heterocycles. The highest BCUT2D eigenvalue weighted by Crippen LogP contribution is 2.34. The topological polar surface area (TPSA) is 24.5 Å². The first-order valence-electron chi connectivity index (χ1n) is 10.2. The van der Waals surface area contributed by atoms with Crippen LogP contribution < -0.4 is 10.1 Å². The van der Waals surface area contributed by atoms with E-state index in [2.05, 4.69) is 34.5 Å². The van der Waals surface area contributed by atoms with Crippen LogP contribution >= 0.6 is 0 Å². The molecule has 156 valence electrons. The summed E-state index contributed by atoms with van der Waals surface area (Å²) < 4.78 is 32.6. The lowest BCUT2D eigenvalue weighted by Gasteiger charge is -2.32. The van der Waals surface area contributed by atoms with Crippen molar-refractivity contribution in [1.82, 2.24) is 10.2 Å². The summed E-state index contributed by atoms with van der Waals surface area (Å²) in [5.74, 6) is -0.219. The minimum atomic E-state index is -0.529. The van der Waals surface area contributed by atoms with E-state index >= 15 is 0 Å². The third kappa shape index (κ3) is 4.37. The van der Waals surface area contributed by atoms with Crippen molar-refractivity contribution in [3.8, 4) is 16.9 Å². The molecule has 1 heterocycles. The van der Waals surface area contributed by atoms with Crippen LogP contribution in [0.2, 0.25) is 0 Å². The highest BCUT2D eigenvalue weighted by atomic mass is 19.1. The van der Waals surface area contributed by atoms with Gasteiger partial charge in [0.05, 0.1) is 7.11 Å². The molecular weight excluding hydrogens is 382 g/mol. The molecule has 1 aliphatic rings. The Kier molecular flexibility index (Phi) is 6.11. The van der Waals surface area contributed by atoms with Crippen molar-refractivity contribution < 1.29 is 13.5 Å². The summed E-state index contributed by atoms with van der Waals surface area (Å²) in [5.41, 5.74) is 6.93. The van der Waals surface area contributed by atoms with Crippen molar-refractivity contribution in [2.75, 3.05) is 20.7 Å². The average Bonchev–Trinajstić information content (AvgIpc) is 2.73. The van der Waals surface area contributed by atoms with E-state index in [4.69, 9.17) is 4.74 Å². The highest BCUT2D eigenvalue weighted by molar-refractivity contribution is 5.71. The number of fused-ring (bicyclic) bond motifs is 1. The quantitative estimate of drug-likeness (QED) is 0.627. The number of methoxy groups -OCH3 is 1. The predicted molar refractivity (Wildman–Crippen MR) is 115 cm³/mol. The number of ether oxygens (including phenoxy) is 1. The number of rotatable bonds is 6. The molecule has 1 N–H and O–H groups in total. The van der Waals surface area contributed by atoms with Crippen LogP contribution in [0.3, 0.4) is 0 Å². The van der Waals surface area contributed by atoms with E-state index in [9.17, 15) is 8.78 Å². The van der Waals surface area contributed by atoms with Gasteiger partial charge >= 0.3 is 0 Å². The van der Waals surface area contributed by atoms with Crippen molar-refractivity contribution in [3.05, 3.63) is 88.5 Å². The van der Waals surface area contributed by atoms with Crippen LogP contribution in [0.4, 0.5) is 8.78 Å². The molecule has 3 aromatic rings. The number of benzene rings is 3. The molecule has 30 heavy (non-hydrogen) atoms. The van der Waals surface area contributed by atoms with Gasteiger partial charge in [-0.25, -0.2) is 8.78 Å². The third-order valence-electron chi connectivity index (χ3n) is 5.66. The largest absolute Gasteiger partial charge is 0.497 e. The summed E-state index contributed by atoms with van der Waals surface area (Å²) >= 11 is 0. The van der Waals surface area contributed by atoms with Gasteiger partial charge in [0.2, 0.25) is 0 Å². The van der Waals surface area contributed by atoms with E-state index in [-0.39, 0.29) is 0 Å². The van der Waals surface area contributed by atoms with E-state index in [0.29, 0.717) is 12.1 Å². The van der Waals surface area contributed by atoms with E-state index in [0.717, 1.165) is 43.4 Å². The lowest BCUT2D eigenvalue weighted by Crippen LogP contribution is -2.31. The van der Waals surface area contributed by atoms with Crippen LogP contribution in [0, 0.1) is 11.6 Å². The maximum atomic E-state index is 13.6. The van der Waals surface area contributed by atoms with Gasteiger partial charge in [0.1, 0.15) is 17.4 Å². The van der Waals surface area contributed by atoms with E-state index in [1.807, 2.05) is 19.2 Å². The van der Waals surface area contributed by atoms with Gasteiger partial charge in [-0.05, 0) is 71.1 Å². The molecule has 0 spiro atoms. The third-order valence-corrected chi connectivity index (χ3v) is 5.66. The summed E-state index contributed by atoms with van der Waals surface area (Å²) in [6.07, 6.45) is 0.886. The van der Waals surface area contributed by atoms with Crippen molar-refractivity contribution in [2.24, 2.45) is 0 Å². The van der Waals surface area contributed by atoms with Gasteiger partial charge < -0.3 is 10.1 Å². The molecule has 0 atom stereocenters. The van der Waals surface area contributed by atoms with Crippen LogP contribution in [0.15, 0.2) is 54.6 Å². The molecule has 0 aromatic heterocycles. The predicted octanol–water partition coefficient (Wildman–Crippen LogP) is 4.92. The molecule has 0 aliphatic carbocycles. The summed E-state index contributed by atoms with van der Waals surface area (Å²) in [6.45, 7) is 2.90. The standard InChI is InChI=1S/C25H26F2N2O/c1-28-14-19-6-7-23(18-4-3-5-22(12-18)30-2)24-8-9-29(16-25(19)24)15-17-10-20(26)13-21(27)11-17/h3-7,10-13,28H,8-9,14-16H2,1-2H3. The molecule has 5 heteroatoms. The van der Waals surface area contributed by atoms with Gasteiger partial charge in [-0.2, -0.15) is 0 Å². The van der Waals surface area contributed by atoms with Gasteiger partial charge in [-0.15, -0.1) is 0 Å². The second-order valence-electron chi connectivity index (χ2n) is 7.73. The zero-order valence-electron chi connectivity index (χ0n) is 17.3. The molecule has 0 saturated carbocycles. The molecule has 0 fully saturated rings. The summed E-state index contributed by atoms with van der Waals surface area (Å²) in [6, 6.07) is 16.3. The van der Waals surface area contributed by atoms with Gasteiger partial charge in [0.15, 0.2) is 0 Å². The molecular formula is C25H26F2N2O. The molecule has 0 radical (unpaired) electrons. The summed E-state index contributed by atoms with van der Waals surface area (Å²) in [7, 11) is 3.62. The molecule has 4 rings (SSSR count). The van der Waals surface area contributed by atoms with E-state index in [1.165, 1.54) is 34.4 Å². The van der Waals surface area contributed by atoms with Crippen LogP contribution in [0.25, 0.3) is 11.1 Å². The van der Waals surface area contributed by atoms with Crippen molar-refractivity contribution in [3.63, 3.8) is 0 Å². The van der Waals surface area contributed by atoms with Crippen molar-refractivity contribution in [1.29, 1.82) is 0 Å². The van der Waals surface area contributed by atoms with Crippen LogP contribution in [0.5, 0.6) is 5.75 Å². The Morgan fingerprint density at radius 1 is 1.00 bits per heavy atom. The van der Waals surface area contributed by atoms with Gasteiger partial charge in [-0.1, -0.05) is 24.3 Å². The lowest BCUT2D eigenvalue weighted by atomic mass is 9.87. The molecule has 0 unspecified atom stereocenters. The fourth-order valence-electron chi connectivity index (χ4n) is 4.31. The van der Waals surface area contributed by atoms with Gasteiger partial charge in [-0.3, -0.25) is 4.90 Å². The summed E-state index contributed by atoms with van der Waals surface area (Å²) in [5, 5.41) is 3.25. The first-order chi connectivity index (χ1) is 14.6. The van der Waals surface area contributed by atoms with Crippen LogP contribution in [-0.2, 0) is 26.1 Å². The molecule has 3 nitrogen and oxygen atoms in total. The average molecular weight is 408 g/mol. The molecule has 0 amide bonds. The number of nitrogens with one attached hydrogen (secondary N) is 1. The molecule has 0 bridgehead atoms. The lowest BCUT2D eigenvalue weighted by molar-refractivity contribution is 0.244. The summed E-state index contributed by atoms with van der Waals surface area (Å²) in [4.78, 5) is 2.26. The number of nitrogens with zero attached hydrogens (tertiary/aromatic N) is 1. The van der Waals surface area contributed by atoms with Crippen LogP contribution in [-0.4, -0.2) is 25.6 Å². The van der Waals surface area contributed by atoms with Gasteiger partial charge in [0, 0.05) is 32.2 Å². The Morgan fingerprint density at radius 2 is 1.80 bits per heavy atom. The molecule has 3 aromatic carbocycles. The fraction of sp³-hybridized carbons (Fsp3) is 0.280. The first-order valence-corrected chi connectivity index (χ1v) is 10.2. The monoisotopic (exact) mass is 408 g/mol. The zero-order valence-corrected chi connectivity index (χ0v) is 17.3. The smallest absolute Gasteiger partial charge is 0.126 e. The van der Waals surface area contributed by atoms with E-state index in [1.54, 1.807) is 7.11 Å². The SMILES string of the molecule is CNCc1ccc(-c2cccc(OC)c2)c2c1CN(Cc1cc(F)cc(F)c1)CC2. The number of hydrogen-bond donors (Lipinski definition) is 1. The first kappa shape index (κ1) is 20.5. The second-order valence-corrected chi connectivity index (χ2v) is 7.73. The maximum absolute atomic E-state index is 13.6. The minimum Gasteiger partial charge on any atom is -0.497 e. The van der Waals surface area contributed by atoms with Crippen molar-refractivity contribution >= 4 is 0 Å². The zero-order chi connectivity index (χ0) is 21.1. The second kappa shape index (κ2) is 8.94. The van der Waals surface area contributed by atoms with Crippen molar-refractivity contribution in [2.45, 2.75) is 26.1 Å². The Labute approximate surface area is 176 Å². The minimum absolute atomic E-state index is 0.524.